The third kappa shape index (κ3) is 5.35. The first-order valence-corrected chi connectivity index (χ1v) is 12.3. The second-order valence-electron chi connectivity index (χ2n) is 8.68. The predicted molar refractivity (Wildman–Crippen MR) is 138 cm³/mol. The summed E-state index contributed by atoms with van der Waals surface area (Å²) in [6, 6.07) is 11.7. The van der Waals surface area contributed by atoms with Crippen molar-refractivity contribution in [2.45, 2.75) is 26.4 Å². The Morgan fingerprint density at radius 3 is 2.71 bits per heavy atom. The molecule has 4 nitrogen and oxygen atoms in total. The monoisotopic (exact) mass is 459 g/mol. The van der Waals surface area contributed by atoms with Crippen molar-refractivity contribution in [2.75, 3.05) is 44.2 Å². The molecule has 3 aliphatic rings. The quantitative estimate of drug-likeness (QED) is 0.645. The molecule has 1 unspecified atom stereocenters. The number of ether oxygens (including phenoxy) is 1. The Labute approximate surface area is 202 Å². The van der Waals surface area contributed by atoms with Gasteiger partial charge in [0.05, 0.1) is 18.3 Å². The predicted octanol–water partition coefficient (Wildman–Crippen LogP) is 4.51. The number of morpholine rings is 1. The number of rotatable bonds is 5. The summed E-state index contributed by atoms with van der Waals surface area (Å²) >= 11 is 0. The molecular formula is C29H34FN3O. The summed E-state index contributed by atoms with van der Waals surface area (Å²) in [6.07, 6.45) is 12.7. The Morgan fingerprint density at radius 1 is 1.18 bits per heavy atom. The number of nitrogens with one attached hydrogen (secondary N) is 2. The van der Waals surface area contributed by atoms with E-state index in [1.54, 1.807) is 12.1 Å². The van der Waals surface area contributed by atoms with Gasteiger partial charge >= 0.3 is 0 Å². The van der Waals surface area contributed by atoms with Crippen molar-refractivity contribution in [3.8, 4) is 23.5 Å². The minimum Gasteiger partial charge on any atom is -0.387 e. The summed E-state index contributed by atoms with van der Waals surface area (Å²) < 4.78 is 20.4. The van der Waals surface area contributed by atoms with Crippen molar-refractivity contribution < 1.29 is 9.13 Å². The van der Waals surface area contributed by atoms with E-state index in [0.717, 1.165) is 62.6 Å². The van der Waals surface area contributed by atoms with Gasteiger partial charge in [0.15, 0.2) is 0 Å². The number of allylic oxidation sites excluding steroid dienone is 2. The van der Waals surface area contributed by atoms with Gasteiger partial charge in [0.25, 0.3) is 0 Å². The second-order valence-corrected chi connectivity index (χ2v) is 8.68. The van der Waals surface area contributed by atoms with Crippen LogP contribution in [0, 0.1) is 24.1 Å². The van der Waals surface area contributed by atoms with Crippen LogP contribution in [0.1, 0.15) is 25.0 Å². The molecule has 2 aromatic rings. The second kappa shape index (κ2) is 11.4. The van der Waals surface area contributed by atoms with Crippen molar-refractivity contribution in [1.29, 1.82) is 0 Å². The van der Waals surface area contributed by atoms with Crippen molar-refractivity contribution in [1.82, 2.24) is 10.6 Å². The maximum atomic E-state index is 14.5. The number of halogens is 1. The van der Waals surface area contributed by atoms with Crippen LogP contribution < -0.4 is 15.5 Å². The van der Waals surface area contributed by atoms with Crippen molar-refractivity contribution in [2.24, 2.45) is 5.92 Å². The Hall–Kier alpha value is -3.07. The van der Waals surface area contributed by atoms with Crippen LogP contribution in [0.5, 0.6) is 0 Å². The largest absolute Gasteiger partial charge is 0.387 e. The van der Waals surface area contributed by atoms with Gasteiger partial charge in [-0.1, -0.05) is 38.0 Å². The molecule has 3 aliphatic heterocycles. The lowest BCUT2D eigenvalue weighted by atomic mass is 9.87. The topological polar surface area (TPSA) is 36.5 Å². The number of dihydropyridines is 1. The van der Waals surface area contributed by atoms with Gasteiger partial charge in [-0.05, 0) is 59.7 Å². The molecule has 0 bridgehead atoms. The molecule has 178 valence electrons. The fourth-order valence-electron chi connectivity index (χ4n) is 4.70. The maximum Gasteiger partial charge on any atom is 0.139 e. The average molecular weight is 460 g/mol. The first-order valence-electron chi connectivity index (χ1n) is 12.3. The Morgan fingerprint density at radius 2 is 2.03 bits per heavy atom. The average Bonchev–Trinajstić information content (AvgIpc) is 2.86. The standard InChI is InChI=1S/C27H28FN3O.C2H6/c1-2-20-6-7-21(14-26(20)28)25-13-19(12-24-16-30-10-11-32-24)5-8-27(25)31-17-23(18-31)22-4-3-9-29-15-22;1-2/h1,3-9,13-14,23-24,29-30H,10-12,15-18H2;1-2H3. The summed E-state index contributed by atoms with van der Waals surface area (Å²) in [5, 5.41) is 6.69. The fourth-order valence-corrected chi connectivity index (χ4v) is 4.70. The highest BCUT2D eigenvalue weighted by Gasteiger charge is 2.31. The normalized spacial score (nSPS) is 19.8. The third-order valence-electron chi connectivity index (χ3n) is 6.54. The van der Waals surface area contributed by atoms with Gasteiger partial charge in [-0.3, -0.25) is 0 Å². The fraction of sp³-hybridized carbons (Fsp3) is 0.379. The molecule has 0 saturated carbocycles. The summed E-state index contributed by atoms with van der Waals surface area (Å²) in [5.74, 6) is 2.60. The van der Waals surface area contributed by atoms with Gasteiger partial charge in [-0.15, -0.1) is 6.42 Å². The minimum absolute atomic E-state index is 0.162. The van der Waals surface area contributed by atoms with Crippen LogP contribution in [0.25, 0.3) is 11.1 Å². The maximum absolute atomic E-state index is 14.5. The molecule has 2 N–H and O–H groups in total. The first kappa shape index (κ1) is 24.1. The number of anilines is 1. The van der Waals surface area contributed by atoms with E-state index >= 15 is 0 Å². The lowest BCUT2D eigenvalue weighted by molar-refractivity contribution is 0.0292. The molecule has 0 spiro atoms. The summed E-state index contributed by atoms with van der Waals surface area (Å²) in [4.78, 5) is 2.38. The number of benzene rings is 2. The number of hydrogen-bond acceptors (Lipinski definition) is 4. The van der Waals surface area contributed by atoms with Crippen molar-refractivity contribution in [3.63, 3.8) is 0 Å². The zero-order valence-electron chi connectivity index (χ0n) is 20.1. The minimum atomic E-state index is -0.354. The molecule has 1 atom stereocenters. The van der Waals surface area contributed by atoms with E-state index in [-0.39, 0.29) is 11.9 Å². The molecule has 2 saturated heterocycles. The van der Waals surface area contributed by atoms with Crippen LogP contribution in [0.2, 0.25) is 0 Å². The first-order chi connectivity index (χ1) is 16.7. The van der Waals surface area contributed by atoms with E-state index in [2.05, 4.69) is 51.8 Å². The van der Waals surface area contributed by atoms with Crippen LogP contribution in [0.3, 0.4) is 0 Å². The lowest BCUT2D eigenvalue weighted by Crippen LogP contribution is -2.49. The molecule has 2 aromatic carbocycles. The van der Waals surface area contributed by atoms with E-state index in [1.807, 2.05) is 26.1 Å². The summed E-state index contributed by atoms with van der Waals surface area (Å²) in [7, 11) is 0. The van der Waals surface area contributed by atoms with Crippen molar-refractivity contribution in [3.05, 3.63) is 77.3 Å². The highest BCUT2D eigenvalue weighted by molar-refractivity contribution is 5.80. The third-order valence-corrected chi connectivity index (χ3v) is 6.54. The Balaban J connectivity index is 0.00000133. The molecule has 3 heterocycles. The SMILES string of the molecule is C#Cc1ccc(-c2cc(CC3CNCCO3)ccc2N2CC(C3=CC=CNC3)C2)cc1F.CC. The highest BCUT2D eigenvalue weighted by Crippen LogP contribution is 2.38. The van der Waals surface area contributed by atoms with E-state index < -0.39 is 0 Å². The molecule has 0 radical (unpaired) electrons. The highest BCUT2D eigenvalue weighted by atomic mass is 19.1. The molecular weight excluding hydrogens is 425 g/mol. The van der Waals surface area contributed by atoms with Gasteiger partial charge in [-0.25, -0.2) is 4.39 Å². The van der Waals surface area contributed by atoms with Crippen molar-refractivity contribution >= 4 is 5.69 Å². The van der Waals surface area contributed by atoms with Crippen LogP contribution in [-0.2, 0) is 11.2 Å². The summed E-state index contributed by atoms with van der Waals surface area (Å²) in [5.41, 5.74) is 5.96. The van der Waals surface area contributed by atoms with E-state index in [0.29, 0.717) is 11.5 Å². The Bertz CT molecular complexity index is 1090. The van der Waals surface area contributed by atoms with Gasteiger partial charge < -0.3 is 20.3 Å². The number of terminal acetylenes is 1. The van der Waals surface area contributed by atoms with E-state index in [4.69, 9.17) is 11.2 Å². The molecule has 2 fully saturated rings. The molecule has 5 rings (SSSR count). The molecule has 5 heteroatoms. The van der Waals surface area contributed by atoms with Crippen LogP contribution in [-0.4, -0.2) is 45.4 Å². The Kier molecular flexibility index (Phi) is 8.05. The van der Waals surface area contributed by atoms with Gasteiger partial charge in [0.1, 0.15) is 5.82 Å². The summed E-state index contributed by atoms with van der Waals surface area (Å²) in [6.45, 7) is 9.34. The zero-order valence-corrected chi connectivity index (χ0v) is 20.1. The van der Waals surface area contributed by atoms with E-state index in [9.17, 15) is 4.39 Å². The van der Waals surface area contributed by atoms with Gasteiger partial charge in [0.2, 0.25) is 0 Å². The molecule has 0 amide bonds. The molecule has 0 aliphatic carbocycles. The molecule has 34 heavy (non-hydrogen) atoms. The lowest BCUT2D eigenvalue weighted by Gasteiger charge is -2.43. The van der Waals surface area contributed by atoms with Crippen LogP contribution in [0.4, 0.5) is 10.1 Å². The van der Waals surface area contributed by atoms with Crippen LogP contribution in [0.15, 0.2) is 60.3 Å². The molecule has 0 aromatic heterocycles. The smallest absolute Gasteiger partial charge is 0.139 e. The number of nitrogens with zero attached hydrogens (tertiary/aromatic N) is 1. The van der Waals surface area contributed by atoms with Gasteiger partial charge in [-0.2, -0.15) is 0 Å². The van der Waals surface area contributed by atoms with Gasteiger partial charge in [0, 0.05) is 49.9 Å². The number of hydrogen-bond donors (Lipinski definition) is 2. The van der Waals surface area contributed by atoms with Crippen LogP contribution >= 0.6 is 0 Å². The van der Waals surface area contributed by atoms with E-state index in [1.165, 1.54) is 11.1 Å². The zero-order chi connectivity index (χ0) is 23.9.